The second-order valence-electron chi connectivity index (χ2n) is 10.5. The normalized spacial score (nSPS) is 15.6. The van der Waals surface area contributed by atoms with Crippen LogP contribution in [0.2, 0.25) is 0 Å². The van der Waals surface area contributed by atoms with Crippen LogP contribution in [0.1, 0.15) is 67.2 Å². The molecule has 0 unspecified atom stereocenters. The molecule has 2 amide bonds. The Bertz CT molecular complexity index is 1530. The van der Waals surface area contributed by atoms with Crippen LogP contribution in [-0.4, -0.2) is 36.1 Å². The van der Waals surface area contributed by atoms with Gasteiger partial charge in [-0.2, -0.15) is 0 Å². The number of aldehydes is 1. The van der Waals surface area contributed by atoms with Gasteiger partial charge in [0.2, 0.25) is 0 Å². The Morgan fingerprint density at radius 2 is 1.67 bits per heavy atom. The topological polar surface area (TPSA) is 79.6 Å². The van der Waals surface area contributed by atoms with Crippen molar-refractivity contribution in [2.75, 3.05) is 13.1 Å². The molecule has 1 fully saturated rings. The molecule has 1 aliphatic carbocycles. The highest BCUT2D eigenvalue weighted by atomic mass is 16.4. The van der Waals surface area contributed by atoms with Gasteiger partial charge in [0.15, 0.2) is 12.0 Å². The molecular formula is C33H30N2O4. The Morgan fingerprint density at radius 3 is 2.46 bits per heavy atom. The Hall–Kier alpha value is -4.45. The average molecular weight is 519 g/mol. The van der Waals surface area contributed by atoms with E-state index in [2.05, 4.69) is 23.5 Å². The lowest BCUT2D eigenvalue weighted by molar-refractivity contribution is 0.0635. The predicted octanol–water partition coefficient (Wildman–Crippen LogP) is 5.81. The summed E-state index contributed by atoms with van der Waals surface area (Å²) in [4.78, 5) is 39.1. The Balaban J connectivity index is 1.12. The van der Waals surface area contributed by atoms with Crippen LogP contribution in [0.3, 0.4) is 0 Å². The van der Waals surface area contributed by atoms with Crippen molar-refractivity contribution in [3.63, 3.8) is 0 Å². The molecule has 6 nitrogen and oxygen atoms in total. The van der Waals surface area contributed by atoms with Crippen molar-refractivity contribution in [2.24, 2.45) is 0 Å². The molecule has 0 radical (unpaired) electrons. The van der Waals surface area contributed by atoms with Crippen molar-refractivity contribution in [1.29, 1.82) is 0 Å². The molecule has 1 spiro atoms. The molecule has 4 aromatic rings. The summed E-state index contributed by atoms with van der Waals surface area (Å²) in [6, 6.07) is 26.7. The average Bonchev–Trinajstić information content (AvgIpc) is 3.62. The summed E-state index contributed by atoms with van der Waals surface area (Å²) in [6.45, 7) is 1.76. The maximum Gasteiger partial charge on any atom is 0.289 e. The molecule has 6 heteroatoms. The molecule has 1 aromatic heterocycles. The largest absolute Gasteiger partial charge is 0.451 e. The van der Waals surface area contributed by atoms with Crippen LogP contribution in [-0.2, 0) is 18.4 Å². The molecule has 2 heterocycles. The molecule has 196 valence electrons. The van der Waals surface area contributed by atoms with Gasteiger partial charge in [0.25, 0.3) is 11.8 Å². The number of piperidine rings is 1. The number of hydrogen-bond acceptors (Lipinski definition) is 4. The lowest BCUT2D eigenvalue weighted by Crippen LogP contribution is -2.44. The van der Waals surface area contributed by atoms with Gasteiger partial charge in [-0.1, -0.05) is 66.7 Å². The number of aryl methyl sites for hydroxylation is 1. The first-order valence-corrected chi connectivity index (χ1v) is 13.5. The SMILES string of the molecule is O=Cc1ccccc1C(=O)NCc1ccc2c(c1)C1(CC2)CCN(C(=O)c2ccc(-c3ccccc3)o2)CC1. The van der Waals surface area contributed by atoms with E-state index in [0.29, 0.717) is 48.6 Å². The molecule has 1 aliphatic heterocycles. The highest BCUT2D eigenvalue weighted by Crippen LogP contribution is 2.46. The summed E-state index contributed by atoms with van der Waals surface area (Å²) in [7, 11) is 0. The molecule has 0 atom stereocenters. The summed E-state index contributed by atoms with van der Waals surface area (Å²) in [5.41, 5.74) is 5.51. The lowest BCUT2D eigenvalue weighted by Gasteiger charge is -2.40. The second-order valence-corrected chi connectivity index (χ2v) is 10.5. The van der Waals surface area contributed by atoms with E-state index in [1.165, 1.54) is 11.1 Å². The van der Waals surface area contributed by atoms with Gasteiger partial charge in [0, 0.05) is 36.3 Å². The molecule has 39 heavy (non-hydrogen) atoms. The van der Waals surface area contributed by atoms with E-state index in [1.807, 2.05) is 41.3 Å². The fourth-order valence-electron chi connectivity index (χ4n) is 6.06. The number of benzene rings is 3. The molecular weight excluding hydrogens is 488 g/mol. The van der Waals surface area contributed by atoms with Gasteiger partial charge in [0.05, 0.1) is 0 Å². The van der Waals surface area contributed by atoms with Crippen LogP contribution in [0, 0.1) is 0 Å². The van der Waals surface area contributed by atoms with Gasteiger partial charge < -0.3 is 14.6 Å². The fraction of sp³-hybridized carbons (Fsp3) is 0.242. The zero-order valence-corrected chi connectivity index (χ0v) is 21.7. The number of rotatable bonds is 6. The first-order valence-electron chi connectivity index (χ1n) is 13.5. The standard InChI is InChI=1S/C33H30N2O4/c36-22-26-8-4-5-9-27(26)31(37)34-21-23-10-11-24-14-15-33(28(24)20-23)16-18-35(19-17-33)32(38)30-13-12-29(39-30)25-6-2-1-3-7-25/h1-13,20,22H,14-19,21H2,(H,34,37). The molecule has 3 aromatic carbocycles. The van der Waals surface area contributed by atoms with E-state index in [9.17, 15) is 14.4 Å². The summed E-state index contributed by atoms with van der Waals surface area (Å²) in [5, 5.41) is 2.97. The van der Waals surface area contributed by atoms with Gasteiger partial charge in [-0.3, -0.25) is 14.4 Å². The third-order valence-electron chi connectivity index (χ3n) is 8.29. The second kappa shape index (κ2) is 10.4. The van der Waals surface area contributed by atoms with Gasteiger partial charge in [-0.25, -0.2) is 0 Å². The minimum absolute atomic E-state index is 0.0502. The summed E-state index contributed by atoms with van der Waals surface area (Å²) in [5.74, 6) is 0.766. The smallest absolute Gasteiger partial charge is 0.289 e. The van der Waals surface area contributed by atoms with Crippen molar-refractivity contribution in [3.8, 4) is 11.3 Å². The molecule has 2 aliphatic rings. The number of likely N-dealkylation sites (tertiary alicyclic amines) is 1. The Kier molecular flexibility index (Phi) is 6.61. The Labute approximate surface area is 227 Å². The van der Waals surface area contributed by atoms with Crippen LogP contribution in [0.15, 0.2) is 89.3 Å². The predicted molar refractivity (Wildman–Crippen MR) is 149 cm³/mol. The zero-order chi connectivity index (χ0) is 26.8. The van der Waals surface area contributed by atoms with Crippen LogP contribution >= 0.6 is 0 Å². The molecule has 1 saturated heterocycles. The minimum Gasteiger partial charge on any atom is -0.451 e. The first-order chi connectivity index (χ1) is 19.1. The summed E-state index contributed by atoms with van der Waals surface area (Å²) < 4.78 is 5.92. The van der Waals surface area contributed by atoms with Crippen LogP contribution in [0.5, 0.6) is 0 Å². The molecule has 6 rings (SSSR count). The first kappa shape index (κ1) is 24.9. The van der Waals surface area contributed by atoms with Crippen LogP contribution in [0.4, 0.5) is 0 Å². The van der Waals surface area contributed by atoms with Gasteiger partial charge >= 0.3 is 0 Å². The van der Waals surface area contributed by atoms with E-state index in [0.717, 1.165) is 36.8 Å². The molecule has 1 N–H and O–H groups in total. The Morgan fingerprint density at radius 1 is 0.897 bits per heavy atom. The van der Waals surface area contributed by atoms with Crippen molar-refractivity contribution >= 4 is 18.1 Å². The maximum atomic E-state index is 13.2. The number of nitrogens with one attached hydrogen (secondary N) is 1. The van der Waals surface area contributed by atoms with E-state index in [-0.39, 0.29) is 17.2 Å². The van der Waals surface area contributed by atoms with Gasteiger partial charge in [-0.15, -0.1) is 0 Å². The molecule has 0 bridgehead atoms. The monoisotopic (exact) mass is 518 g/mol. The number of nitrogens with zero attached hydrogens (tertiary/aromatic N) is 1. The zero-order valence-electron chi connectivity index (χ0n) is 21.7. The van der Waals surface area contributed by atoms with E-state index in [4.69, 9.17) is 4.42 Å². The number of hydrogen-bond donors (Lipinski definition) is 1. The lowest BCUT2D eigenvalue weighted by atomic mass is 9.73. The van der Waals surface area contributed by atoms with Gasteiger partial charge in [0.1, 0.15) is 5.76 Å². The number of carbonyl (C=O) groups excluding carboxylic acids is 3. The maximum absolute atomic E-state index is 13.2. The highest BCUT2D eigenvalue weighted by Gasteiger charge is 2.42. The third kappa shape index (κ3) is 4.78. The van der Waals surface area contributed by atoms with Gasteiger partial charge in [-0.05, 0) is 66.0 Å². The van der Waals surface area contributed by atoms with E-state index >= 15 is 0 Å². The number of carbonyl (C=O) groups is 3. The highest BCUT2D eigenvalue weighted by molar-refractivity contribution is 6.01. The van der Waals surface area contributed by atoms with Crippen LogP contribution < -0.4 is 5.32 Å². The fourth-order valence-corrected chi connectivity index (χ4v) is 6.06. The summed E-state index contributed by atoms with van der Waals surface area (Å²) in [6.07, 6.45) is 4.62. The quantitative estimate of drug-likeness (QED) is 0.327. The van der Waals surface area contributed by atoms with E-state index < -0.39 is 0 Å². The molecule has 0 saturated carbocycles. The third-order valence-corrected chi connectivity index (χ3v) is 8.29. The van der Waals surface area contributed by atoms with E-state index in [1.54, 1.807) is 30.3 Å². The minimum atomic E-state index is -0.256. The number of furan rings is 1. The summed E-state index contributed by atoms with van der Waals surface area (Å²) >= 11 is 0. The number of amides is 2. The van der Waals surface area contributed by atoms with Crippen molar-refractivity contribution in [3.05, 3.63) is 119 Å². The van der Waals surface area contributed by atoms with Crippen molar-refractivity contribution < 1.29 is 18.8 Å². The number of fused-ring (bicyclic) bond motifs is 2. The van der Waals surface area contributed by atoms with Crippen molar-refractivity contribution in [2.45, 2.75) is 37.6 Å². The van der Waals surface area contributed by atoms with Crippen LogP contribution in [0.25, 0.3) is 11.3 Å². The van der Waals surface area contributed by atoms with Crippen molar-refractivity contribution in [1.82, 2.24) is 10.2 Å².